The molecule has 1 heterocycles. The van der Waals surface area contributed by atoms with E-state index in [0.717, 1.165) is 18.6 Å². The van der Waals surface area contributed by atoms with Crippen LogP contribution in [0.15, 0.2) is 30.3 Å². The van der Waals surface area contributed by atoms with Gasteiger partial charge in [-0.25, -0.2) is 0 Å². The minimum absolute atomic E-state index is 0.0190. The zero-order valence-electron chi connectivity index (χ0n) is 12.5. The van der Waals surface area contributed by atoms with E-state index in [9.17, 15) is 4.79 Å². The number of amides is 1. The number of nitrogens with one attached hydrogen (secondary N) is 1. The zero-order valence-corrected chi connectivity index (χ0v) is 13.3. The number of nitrogens with zero attached hydrogens (tertiary/aromatic N) is 1. The van der Waals surface area contributed by atoms with Crippen LogP contribution >= 0.6 is 11.8 Å². The van der Waals surface area contributed by atoms with Gasteiger partial charge in [-0.2, -0.15) is 11.8 Å². The van der Waals surface area contributed by atoms with Crippen LogP contribution in [0.25, 0.3) is 0 Å². The molecule has 1 aromatic carbocycles. The number of benzene rings is 1. The van der Waals surface area contributed by atoms with Crippen molar-refractivity contribution in [3.8, 4) is 0 Å². The van der Waals surface area contributed by atoms with Crippen molar-refractivity contribution >= 4 is 17.7 Å². The zero-order chi connectivity index (χ0) is 14.5. The van der Waals surface area contributed by atoms with Crippen LogP contribution in [0.5, 0.6) is 0 Å². The first-order valence-corrected chi connectivity index (χ1v) is 8.70. The minimum atomic E-state index is -0.0445. The van der Waals surface area contributed by atoms with E-state index in [0.29, 0.717) is 0 Å². The normalized spacial score (nSPS) is 24.1. The van der Waals surface area contributed by atoms with E-state index in [4.69, 9.17) is 0 Å². The molecule has 2 rings (SSSR count). The van der Waals surface area contributed by atoms with Crippen molar-refractivity contribution in [1.82, 2.24) is 10.2 Å². The lowest BCUT2D eigenvalue weighted by atomic mass is 10.1. The van der Waals surface area contributed by atoms with Gasteiger partial charge in [0.25, 0.3) is 0 Å². The van der Waals surface area contributed by atoms with Crippen molar-refractivity contribution in [2.45, 2.75) is 44.9 Å². The molecule has 3 nitrogen and oxygen atoms in total. The largest absolute Gasteiger partial charge is 0.319 e. The smallest absolute Gasteiger partial charge is 0.241 e. The van der Waals surface area contributed by atoms with Crippen LogP contribution in [-0.4, -0.2) is 34.9 Å². The molecule has 1 aliphatic rings. The predicted octanol–water partition coefficient (Wildman–Crippen LogP) is 3.04. The first-order chi connectivity index (χ1) is 9.69. The third kappa shape index (κ3) is 3.18. The number of hydrogen-bond acceptors (Lipinski definition) is 3. The van der Waals surface area contributed by atoms with Crippen molar-refractivity contribution in [1.29, 1.82) is 0 Å². The number of carbonyl (C=O) groups excluding carboxylic acids is 1. The summed E-state index contributed by atoms with van der Waals surface area (Å²) in [5.74, 6) is 1.33. The fraction of sp³-hybridized carbons (Fsp3) is 0.562. The highest BCUT2D eigenvalue weighted by Gasteiger charge is 2.40. The van der Waals surface area contributed by atoms with Gasteiger partial charge in [-0.05, 0) is 37.3 Å². The second kappa shape index (κ2) is 7.14. The molecule has 1 aliphatic heterocycles. The average Bonchev–Trinajstić information content (AvgIpc) is 2.82. The summed E-state index contributed by atoms with van der Waals surface area (Å²) in [5.41, 5.74) is 1.17. The highest BCUT2D eigenvalue weighted by Crippen LogP contribution is 2.29. The molecule has 20 heavy (non-hydrogen) atoms. The van der Waals surface area contributed by atoms with Crippen molar-refractivity contribution in [3.63, 3.8) is 0 Å². The molecule has 4 heteroatoms. The Kier molecular flexibility index (Phi) is 5.49. The first-order valence-electron chi connectivity index (χ1n) is 7.31. The Morgan fingerprint density at radius 3 is 2.65 bits per heavy atom. The van der Waals surface area contributed by atoms with Crippen molar-refractivity contribution in [2.75, 3.05) is 12.0 Å². The first kappa shape index (κ1) is 15.4. The van der Waals surface area contributed by atoms with Gasteiger partial charge < -0.3 is 4.90 Å². The Labute approximate surface area is 126 Å². The van der Waals surface area contributed by atoms with Gasteiger partial charge in [0, 0.05) is 6.04 Å². The lowest BCUT2D eigenvalue weighted by Gasteiger charge is -2.30. The summed E-state index contributed by atoms with van der Waals surface area (Å²) in [4.78, 5) is 14.6. The number of rotatable bonds is 6. The van der Waals surface area contributed by atoms with Crippen LogP contribution in [0.2, 0.25) is 0 Å². The highest BCUT2D eigenvalue weighted by molar-refractivity contribution is 7.98. The molecule has 1 N–H and O–H groups in total. The van der Waals surface area contributed by atoms with E-state index in [2.05, 4.69) is 37.6 Å². The van der Waals surface area contributed by atoms with Crippen LogP contribution in [0.4, 0.5) is 0 Å². The molecule has 0 saturated carbocycles. The summed E-state index contributed by atoms with van der Waals surface area (Å²) in [6, 6.07) is 10.5. The molecule has 1 aromatic rings. The van der Waals surface area contributed by atoms with Crippen LogP contribution in [0.3, 0.4) is 0 Å². The summed E-state index contributed by atoms with van der Waals surface area (Å²) < 4.78 is 0. The summed E-state index contributed by atoms with van der Waals surface area (Å²) in [7, 11) is 0. The molecule has 0 aromatic heterocycles. The lowest BCUT2D eigenvalue weighted by Crippen LogP contribution is -2.38. The molecule has 0 aliphatic carbocycles. The predicted molar refractivity (Wildman–Crippen MR) is 85.7 cm³/mol. The molecule has 110 valence electrons. The van der Waals surface area contributed by atoms with Crippen LogP contribution in [0.1, 0.15) is 38.4 Å². The van der Waals surface area contributed by atoms with E-state index in [1.54, 1.807) is 0 Å². The van der Waals surface area contributed by atoms with Gasteiger partial charge in [-0.1, -0.05) is 37.3 Å². The fourth-order valence-corrected chi connectivity index (χ4v) is 3.31. The Hall–Kier alpha value is -1.00. The molecule has 1 fully saturated rings. The maximum atomic E-state index is 12.6. The van der Waals surface area contributed by atoms with E-state index < -0.39 is 0 Å². The van der Waals surface area contributed by atoms with Gasteiger partial charge in [0.1, 0.15) is 6.17 Å². The standard InChI is InChI=1S/C16H24N2OS/c1-4-14-16(19)18(12(2)10-11-20-3)15(17-14)13-8-6-5-7-9-13/h5-9,12,14-15,17H,4,10-11H2,1-3H3. The third-order valence-electron chi connectivity index (χ3n) is 3.93. The van der Waals surface area contributed by atoms with Gasteiger partial charge in [0.05, 0.1) is 6.04 Å². The Balaban J connectivity index is 2.21. The number of carbonyl (C=O) groups is 1. The Morgan fingerprint density at radius 1 is 1.35 bits per heavy atom. The molecule has 0 spiro atoms. The van der Waals surface area contributed by atoms with E-state index in [-0.39, 0.29) is 24.2 Å². The summed E-state index contributed by atoms with van der Waals surface area (Å²) in [6.45, 7) is 4.22. The molecule has 1 saturated heterocycles. The van der Waals surface area contributed by atoms with Gasteiger partial charge >= 0.3 is 0 Å². The van der Waals surface area contributed by atoms with Crippen LogP contribution < -0.4 is 5.32 Å². The van der Waals surface area contributed by atoms with Crippen molar-refractivity contribution in [2.24, 2.45) is 0 Å². The molecule has 0 radical (unpaired) electrons. The van der Waals surface area contributed by atoms with Gasteiger partial charge in [0.15, 0.2) is 0 Å². The van der Waals surface area contributed by atoms with E-state index >= 15 is 0 Å². The van der Waals surface area contributed by atoms with E-state index in [1.807, 2.05) is 34.9 Å². The maximum absolute atomic E-state index is 12.6. The summed E-state index contributed by atoms with van der Waals surface area (Å²) in [6.07, 6.45) is 4.01. The Morgan fingerprint density at radius 2 is 2.05 bits per heavy atom. The SMILES string of the molecule is CCC1NC(c2ccccc2)N(C(C)CCSC)C1=O. The molecule has 0 bridgehead atoms. The second-order valence-electron chi connectivity index (χ2n) is 5.32. The Bertz CT molecular complexity index is 437. The lowest BCUT2D eigenvalue weighted by molar-refractivity contribution is -0.132. The van der Waals surface area contributed by atoms with Gasteiger partial charge in [-0.3, -0.25) is 10.1 Å². The van der Waals surface area contributed by atoms with Crippen molar-refractivity contribution in [3.05, 3.63) is 35.9 Å². The quantitative estimate of drug-likeness (QED) is 0.874. The number of thioether (sulfide) groups is 1. The second-order valence-corrected chi connectivity index (χ2v) is 6.30. The van der Waals surface area contributed by atoms with Crippen LogP contribution in [-0.2, 0) is 4.79 Å². The fourth-order valence-electron chi connectivity index (χ4n) is 2.73. The number of hydrogen-bond donors (Lipinski definition) is 1. The molecule has 1 amide bonds. The summed E-state index contributed by atoms with van der Waals surface area (Å²) >= 11 is 1.84. The topological polar surface area (TPSA) is 32.3 Å². The molecular weight excluding hydrogens is 268 g/mol. The minimum Gasteiger partial charge on any atom is -0.319 e. The monoisotopic (exact) mass is 292 g/mol. The van der Waals surface area contributed by atoms with Gasteiger partial charge in [0.2, 0.25) is 5.91 Å². The van der Waals surface area contributed by atoms with Gasteiger partial charge in [-0.15, -0.1) is 0 Å². The summed E-state index contributed by atoms with van der Waals surface area (Å²) in [5, 5.41) is 3.48. The molecule has 3 unspecified atom stereocenters. The molecular formula is C16H24N2OS. The van der Waals surface area contributed by atoms with E-state index in [1.165, 1.54) is 5.56 Å². The van der Waals surface area contributed by atoms with Crippen molar-refractivity contribution < 1.29 is 4.79 Å². The van der Waals surface area contributed by atoms with Crippen LogP contribution in [0, 0.1) is 0 Å². The highest BCUT2D eigenvalue weighted by atomic mass is 32.2. The third-order valence-corrected chi connectivity index (χ3v) is 4.57. The average molecular weight is 292 g/mol. The maximum Gasteiger partial charge on any atom is 0.241 e. The molecule has 3 atom stereocenters.